The Bertz CT molecular complexity index is 4220. The second-order valence-corrected chi connectivity index (χ2v) is 25.6. The first-order valence-electron chi connectivity index (χ1n) is 31.6. The normalized spacial score (nSPS) is 12.5. The van der Waals surface area contributed by atoms with Gasteiger partial charge < -0.3 is 40.4 Å². The second-order valence-electron chi connectivity index (χ2n) is 24.4. The van der Waals surface area contributed by atoms with Crippen molar-refractivity contribution in [3.63, 3.8) is 0 Å². The van der Waals surface area contributed by atoms with Crippen LogP contribution >= 0.6 is 22.6 Å². The number of rotatable bonds is 20. The number of alkyl carbamates (subject to hydrolysis) is 1. The van der Waals surface area contributed by atoms with E-state index < -0.39 is 99.1 Å². The number of halogens is 1. The van der Waals surface area contributed by atoms with Crippen LogP contribution < -0.4 is 32.4 Å². The molecule has 1 aliphatic rings. The molecular formula is C77H85IN8O19. The number of hydrogen-bond donors (Lipinski definition) is 9. The van der Waals surface area contributed by atoms with E-state index in [1.165, 1.54) is 81.2 Å². The van der Waals surface area contributed by atoms with Crippen molar-refractivity contribution in [3.8, 4) is 47.7 Å². The van der Waals surface area contributed by atoms with Crippen molar-refractivity contribution in [1.29, 1.82) is 0 Å². The molecule has 6 amide bonds. The maximum atomic E-state index is 12.6. The highest BCUT2D eigenvalue weighted by atomic mass is 127. The molecule has 0 heterocycles. The highest BCUT2D eigenvalue weighted by Gasteiger charge is 2.35. The number of aliphatic hydroxyl groups excluding tert-OH is 1. The summed E-state index contributed by atoms with van der Waals surface area (Å²) in [5.41, 5.74) is 12.8. The third kappa shape index (κ3) is 29.5. The van der Waals surface area contributed by atoms with Crippen LogP contribution in [0.4, 0.5) is 16.2 Å². The number of nitro groups is 2. The van der Waals surface area contributed by atoms with Crippen molar-refractivity contribution >= 4 is 75.6 Å². The average Bonchev–Trinajstić information content (AvgIpc) is 1.62. The number of fused-ring (bicyclic) bond motifs is 3. The molecule has 9 N–H and O–H groups in total. The van der Waals surface area contributed by atoms with Crippen molar-refractivity contribution in [2.45, 2.75) is 123 Å². The number of aromatic carboxylic acids is 1. The summed E-state index contributed by atoms with van der Waals surface area (Å²) in [7, 11) is 2.65. The van der Waals surface area contributed by atoms with Crippen LogP contribution in [0.2, 0.25) is 0 Å². The number of aliphatic hydroxyl groups is 1. The van der Waals surface area contributed by atoms with E-state index in [1.54, 1.807) is 74.5 Å². The topological polar surface area (TPSA) is 385 Å². The zero-order valence-electron chi connectivity index (χ0n) is 58.7. The molecule has 28 heteroatoms. The Balaban J connectivity index is 0.000000359. The lowest BCUT2D eigenvalue weighted by Gasteiger charge is -2.30. The quantitative estimate of drug-likeness (QED) is 0.0113. The lowest BCUT2D eigenvalue weighted by atomic mass is 9.98. The fourth-order valence-corrected chi connectivity index (χ4v) is 10.2. The van der Waals surface area contributed by atoms with Crippen LogP contribution in [0, 0.1) is 60.3 Å². The van der Waals surface area contributed by atoms with Gasteiger partial charge in [-0.15, -0.1) is 12.8 Å². The summed E-state index contributed by atoms with van der Waals surface area (Å²) in [6.45, 7) is 16.1. The summed E-state index contributed by atoms with van der Waals surface area (Å²) in [6, 6.07) is 44.2. The van der Waals surface area contributed by atoms with Crippen LogP contribution in [0.1, 0.15) is 140 Å². The number of non-ortho nitro benzene ring substituents is 2. The zero-order chi connectivity index (χ0) is 77.4. The molecule has 105 heavy (non-hydrogen) atoms. The monoisotopic (exact) mass is 1550 g/mol. The number of carboxylic acid groups (broad SMARTS) is 1. The van der Waals surface area contributed by atoms with Gasteiger partial charge in [0.25, 0.3) is 40.9 Å². The minimum Gasteiger partial charge on any atom is -0.478 e. The Labute approximate surface area is 622 Å². The van der Waals surface area contributed by atoms with Gasteiger partial charge in [0.05, 0.1) is 59.1 Å². The number of carboxylic acids is 1. The van der Waals surface area contributed by atoms with Crippen molar-refractivity contribution in [2.24, 2.45) is 0 Å². The first-order valence-corrected chi connectivity index (χ1v) is 32.7. The molecule has 6 atom stereocenters. The Morgan fingerprint density at radius 3 is 1.33 bits per heavy atom. The molecule has 0 radical (unpaired) electrons. The molecule has 0 fully saturated rings. The summed E-state index contributed by atoms with van der Waals surface area (Å²) in [5.74, 6) is 6.54. The molecule has 0 bridgehead atoms. The van der Waals surface area contributed by atoms with Gasteiger partial charge in [-0.05, 0) is 192 Å². The van der Waals surface area contributed by atoms with Gasteiger partial charge in [-0.1, -0.05) is 91.8 Å². The molecule has 554 valence electrons. The Morgan fingerprint density at radius 2 is 0.943 bits per heavy atom. The first-order chi connectivity index (χ1) is 49.1. The molecule has 0 saturated heterocycles. The minimum absolute atomic E-state index is 0. The van der Waals surface area contributed by atoms with E-state index in [0.717, 1.165) is 25.8 Å². The average molecular weight is 1550 g/mol. The molecule has 7 aromatic carbocycles. The van der Waals surface area contributed by atoms with Gasteiger partial charge in [0.2, 0.25) is 0 Å². The standard InChI is InChI=1S/C24H30N2O5.C19H17N3O6.C18H24N2O4.C9H6O2.C6H4INO2.CH4/c1-15(31-24(2,3)4)21(22(27)26-29-5)25-23(28)30-14-20-18-12-8-6-10-16(18)17-11-7-9-13-19(17)20;1-12(23)17(19(25)21-26)20-18(24)15-9-7-13(8-10-15)5-6-14-3-2-4-16(11-14)22(27)28;1-7-13-8-10-14(11-9-13)16(21)19-15(17(22)20-23-6)12(2)24-18(3,4)5;1-2-7-3-5-8(6-4-7)9(10)11;7-5-2-1-3-6(4-5)8(9)10;/h6-13,15,20-21H,14H2,1-5H3,(H,25,28)(H,26,27);2-4,7-12,17,23,26H,1H3,(H,20,24)(H,21,25);1,8-12,15H,2-6H3,(H,19,21)(H,20,22);1,3-6H,(H,10,11);1-4H;1H4/t15-,21-;12-,17?;12-,15+;;;/m111.../s1. The molecule has 0 aliphatic heterocycles. The Hall–Kier alpha value is -11.4. The van der Waals surface area contributed by atoms with Crippen molar-refractivity contribution in [3.05, 3.63) is 244 Å². The van der Waals surface area contributed by atoms with E-state index in [-0.39, 0.29) is 42.5 Å². The summed E-state index contributed by atoms with van der Waals surface area (Å²) >= 11 is 2.03. The van der Waals surface area contributed by atoms with E-state index in [4.69, 9.17) is 42.2 Å². The SMILES string of the molecule is C.C#Cc1ccc(C(=O)N[C@H](C(=O)NOC)[C@@H](C)OC(C)(C)C)cc1.C#Cc1ccc(C(=O)O)cc1.CONC(=O)[C@H](NC(=O)OCC1c2ccccc2-c2ccccc21)[C@@H](C)OC(C)(C)C.C[C@@H](O)C(NC(=O)c1ccc(C#Cc2cccc([N+](=O)[O-])c2)cc1)C(=O)NO.O=[N+]([O-])c1cccc(I)c1. The number of nitrogens with one attached hydrogen (secondary N) is 6. The van der Waals surface area contributed by atoms with Crippen molar-refractivity contribution < 1.29 is 82.7 Å². The molecule has 7 aromatic rings. The molecule has 0 aromatic heterocycles. The number of ether oxygens (including phenoxy) is 3. The number of carbonyl (C=O) groups is 7. The Kier molecular flexibility index (Phi) is 35.9. The molecule has 1 unspecified atom stereocenters. The molecule has 1 aliphatic carbocycles. The van der Waals surface area contributed by atoms with Crippen LogP contribution in [0.3, 0.4) is 0 Å². The third-order valence-corrected chi connectivity index (χ3v) is 14.9. The van der Waals surface area contributed by atoms with E-state index >= 15 is 0 Å². The number of terminal acetylenes is 2. The predicted molar refractivity (Wildman–Crippen MR) is 401 cm³/mol. The maximum absolute atomic E-state index is 12.6. The van der Waals surface area contributed by atoms with Crippen molar-refractivity contribution in [2.75, 3.05) is 20.8 Å². The van der Waals surface area contributed by atoms with Crippen LogP contribution in [0.25, 0.3) is 11.1 Å². The molecule has 0 spiro atoms. The summed E-state index contributed by atoms with van der Waals surface area (Å²) in [6.07, 6.45) is 7.31. The van der Waals surface area contributed by atoms with Crippen LogP contribution in [-0.2, 0) is 38.3 Å². The first kappa shape index (κ1) is 87.8. The van der Waals surface area contributed by atoms with E-state index in [2.05, 4.69) is 79.7 Å². The predicted octanol–water partition coefficient (Wildman–Crippen LogP) is 10.6. The number of benzene rings is 7. The third-order valence-electron chi connectivity index (χ3n) is 14.2. The Morgan fingerprint density at radius 1 is 0.543 bits per heavy atom. The fourth-order valence-electron chi connectivity index (χ4n) is 9.63. The smallest absolute Gasteiger partial charge is 0.407 e. The highest BCUT2D eigenvalue weighted by molar-refractivity contribution is 14.1. The van der Waals surface area contributed by atoms with Gasteiger partial charge in [-0.25, -0.2) is 26.0 Å². The van der Waals surface area contributed by atoms with Crippen LogP contribution in [0.15, 0.2) is 170 Å². The lowest BCUT2D eigenvalue weighted by Crippen LogP contribution is -2.54. The molecule has 0 saturated carbocycles. The molecular weight excluding hydrogens is 1470 g/mol. The number of hydroxylamine groups is 3. The second kappa shape index (κ2) is 42.9. The van der Waals surface area contributed by atoms with E-state index in [9.17, 15) is 58.9 Å². The zero-order valence-corrected chi connectivity index (χ0v) is 60.9. The number of nitrogens with zero attached hydrogens (tertiary/aromatic N) is 2. The number of hydrogen-bond acceptors (Lipinski definition) is 18. The van der Waals surface area contributed by atoms with E-state index in [1.807, 2.05) is 94.5 Å². The lowest BCUT2D eigenvalue weighted by molar-refractivity contribution is -0.385. The minimum atomic E-state index is -1.31. The van der Waals surface area contributed by atoms with Crippen molar-refractivity contribution in [1.82, 2.24) is 32.4 Å². The van der Waals surface area contributed by atoms with Gasteiger partial charge in [0.15, 0.2) is 0 Å². The molecule has 27 nitrogen and oxygen atoms in total. The highest BCUT2D eigenvalue weighted by Crippen LogP contribution is 2.44. The van der Waals surface area contributed by atoms with Gasteiger partial charge in [-0.3, -0.25) is 59.1 Å². The number of carbonyl (C=O) groups excluding carboxylic acids is 6. The molecule has 8 rings (SSSR count). The summed E-state index contributed by atoms with van der Waals surface area (Å²) in [4.78, 5) is 113. The summed E-state index contributed by atoms with van der Waals surface area (Å²) < 4.78 is 18.1. The number of nitro benzene ring substituents is 2. The number of amides is 6. The largest absolute Gasteiger partial charge is 0.478 e. The fraction of sp³-hybridized carbons (Fsp3) is 0.286. The van der Waals surface area contributed by atoms with Gasteiger partial charge in [0.1, 0.15) is 24.7 Å². The van der Waals surface area contributed by atoms with Crippen LogP contribution in [-0.4, -0.2) is 135 Å². The maximum Gasteiger partial charge on any atom is 0.407 e. The van der Waals surface area contributed by atoms with Gasteiger partial charge in [-0.2, -0.15) is 0 Å². The van der Waals surface area contributed by atoms with Crippen LogP contribution in [0.5, 0.6) is 0 Å². The summed E-state index contributed by atoms with van der Waals surface area (Å²) in [5, 5.41) is 55.2. The van der Waals surface area contributed by atoms with Gasteiger partial charge >= 0.3 is 12.1 Å². The van der Waals surface area contributed by atoms with E-state index in [0.29, 0.717) is 27.8 Å². The van der Waals surface area contributed by atoms with Gasteiger partial charge in [0, 0.05) is 67.1 Å².